The van der Waals surface area contributed by atoms with Gasteiger partial charge in [-0.25, -0.2) is 8.42 Å². The van der Waals surface area contributed by atoms with Gasteiger partial charge in [-0.15, -0.1) is 0 Å². The number of anilines is 1. The predicted octanol–water partition coefficient (Wildman–Crippen LogP) is 0.225. The molecule has 1 aromatic carbocycles. The lowest BCUT2D eigenvalue weighted by Gasteiger charge is -2.12. The maximum atomic E-state index is 12.0. The van der Waals surface area contributed by atoms with Crippen molar-refractivity contribution in [3.05, 3.63) is 23.8 Å². The van der Waals surface area contributed by atoms with E-state index in [1.54, 1.807) is 13.0 Å². The van der Waals surface area contributed by atoms with Crippen LogP contribution >= 0.6 is 0 Å². The van der Waals surface area contributed by atoms with Crippen LogP contribution in [0.25, 0.3) is 0 Å². The van der Waals surface area contributed by atoms with Crippen molar-refractivity contribution < 1.29 is 13.2 Å². The summed E-state index contributed by atoms with van der Waals surface area (Å²) >= 11 is 0. The minimum atomic E-state index is -3.79. The highest BCUT2D eigenvalue weighted by Crippen LogP contribution is 2.23. The van der Waals surface area contributed by atoms with Crippen molar-refractivity contribution >= 4 is 21.4 Å². The van der Waals surface area contributed by atoms with Gasteiger partial charge in [0, 0.05) is 0 Å². The number of hydrogen-bond acceptors (Lipinski definition) is 4. The Hall–Kier alpha value is -1.56. The van der Waals surface area contributed by atoms with Gasteiger partial charge in [0.2, 0.25) is 5.91 Å². The van der Waals surface area contributed by atoms with Crippen LogP contribution < -0.4 is 11.5 Å². The van der Waals surface area contributed by atoms with Crippen molar-refractivity contribution in [2.45, 2.75) is 24.0 Å². The van der Waals surface area contributed by atoms with E-state index in [-0.39, 0.29) is 10.6 Å². The van der Waals surface area contributed by atoms with E-state index in [0.29, 0.717) is 0 Å². The summed E-state index contributed by atoms with van der Waals surface area (Å²) in [6, 6.07) is 4.63. The number of nitrogens with two attached hydrogens (primary N) is 2. The van der Waals surface area contributed by atoms with E-state index < -0.39 is 21.0 Å². The van der Waals surface area contributed by atoms with E-state index in [9.17, 15) is 13.2 Å². The number of carbonyl (C=O) groups is 1. The van der Waals surface area contributed by atoms with Crippen LogP contribution in [0.15, 0.2) is 23.1 Å². The number of amides is 1. The van der Waals surface area contributed by atoms with Crippen LogP contribution in [0.2, 0.25) is 0 Å². The lowest BCUT2D eigenvalue weighted by molar-refractivity contribution is -0.117. The molecule has 0 spiro atoms. The zero-order valence-electron chi connectivity index (χ0n) is 9.10. The lowest BCUT2D eigenvalue weighted by atomic mass is 10.2. The Balaban J connectivity index is 3.38. The number of sulfone groups is 1. The number of carbonyl (C=O) groups excluding carboxylic acids is 1. The standard InChI is InChI=1S/C10H14N2O3S/c1-6-3-4-8(11)9(5-6)16(14,15)7(2)10(12)13/h3-5,7H,11H2,1-2H3,(H2,12,13). The molecule has 0 saturated heterocycles. The minimum Gasteiger partial charge on any atom is -0.398 e. The first-order chi connectivity index (χ1) is 7.26. The average Bonchev–Trinajstić information content (AvgIpc) is 2.20. The SMILES string of the molecule is Cc1ccc(N)c(S(=O)(=O)C(C)C(N)=O)c1. The average molecular weight is 242 g/mol. The molecule has 88 valence electrons. The Kier molecular flexibility index (Phi) is 3.23. The molecule has 0 aliphatic heterocycles. The molecule has 0 aromatic heterocycles. The maximum absolute atomic E-state index is 12.0. The first-order valence-electron chi connectivity index (χ1n) is 4.66. The molecule has 1 amide bonds. The normalized spacial score (nSPS) is 13.4. The van der Waals surface area contributed by atoms with Gasteiger partial charge in [-0.2, -0.15) is 0 Å². The summed E-state index contributed by atoms with van der Waals surface area (Å²) in [5.41, 5.74) is 11.4. The molecule has 0 bridgehead atoms. The van der Waals surface area contributed by atoms with Crippen molar-refractivity contribution in [3.8, 4) is 0 Å². The summed E-state index contributed by atoms with van der Waals surface area (Å²) in [7, 11) is -3.79. The van der Waals surface area contributed by atoms with Crippen LogP contribution in [0.3, 0.4) is 0 Å². The van der Waals surface area contributed by atoms with Gasteiger partial charge in [-0.05, 0) is 31.5 Å². The first-order valence-corrected chi connectivity index (χ1v) is 6.21. The third kappa shape index (κ3) is 2.16. The number of rotatable bonds is 3. The molecular weight excluding hydrogens is 228 g/mol. The van der Waals surface area contributed by atoms with Gasteiger partial charge in [0.15, 0.2) is 9.84 Å². The second-order valence-electron chi connectivity index (χ2n) is 3.63. The first kappa shape index (κ1) is 12.5. The van der Waals surface area contributed by atoms with Gasteiger partial charge in [-0.3, -0.25) is 4.79 Å². The summed E-state index contributed by atoms with van der Waals surface area (Å²) in [6.45, 7) is 2.99. The van der Waals surface area contributed by atoms with Crippen LogP contribution in [-0.4, -0.2) is 19.6 Å². The molecule has 5 nitrogen and oxygen atoms in total. The van der Waals surface area contributed by atoms with E-state index in [1.165, 1.54) is 19.1 Å². The third-order valence-electron chi connectivity index (χ3n) is 2.34. The van der Waals surface area contributed by atoms with Crippen molar-refractivity contribution in [3.63, 3.8) is 0 Å². The van der Waals surface area contributed by atoms with Crippen LogP contribution in [0.1, 0.15) is 12.5 Å². The fraction of sp³-hybridized carbons (Fsp3) is 0.300. The molecule has 0 fully saturated rings. The van der Waals surface area contributed by atoms with Crippen LogP contribution in [-0.2, 0) is 14.6 Å². The number of nitrogen functional groups attached to an aromatic ring is 1. The van der Waals surface area contributed by atoms with Crippen molar-refractivity contribution in [1.82, 2.24) is 0 Å². The fourth-order valence-electron chi connectivity index (χ4n) is 1.23. The molecule has 1 unspecified atom stereocenters. The van der Waals surface area contributed by atoms with Crippen LogP contribution in [0.5, 0.6) is 0 Å². The predicted molar refractivity (Wildman–Crippen MR) is 61.4 cm³/mol. The van der Waals surface area contributed by atoms with E-state index >= 15 is 0 Å². The molecule has 0 saturated carbocycles. The van der Waals surface area contributed by atoms with Gasteiger partial charge >= 0.3 is 0 Å². The summed E-state index contributed by atoms with van der Waals surface area (Å²) < 4.78 is 23.9. The van der Waals surface area contributed by atoms with Gasteiger partial charge in [0.1, 0.15) is 5.25 Å². The second kappa shape index (κ2) is 4.13. The number of aryl methyl sites for hydroxylation is 1. The van der Waals surface area contributed by atoms with Crippen LogP contribution in [0.4, 0.5) is 5.69 Å². The van der Waals surface area contributed by atoms with E-state index in [0.717, 1.165) is 5.56 Å². The minimum absolute atomic E-state index is 0.0428. The van der Waals surface area contributed by atoms with Gasteiger partial charge in [-0.1, -0.05) is 6.07 Å². The molecule has 0 radical (unpaired) electrons. The Morgan fingerprint density at radius 2 is 1.94 bits per heavy atom. The molecule has 16 heavy (non-hydrogen) atoms. The summed E-state index contributed by atoms with van der Waals surface area (Å²) in [6.07, 6.45) is 0. The molecule has 1 rings (SSSR count). The van der Waals surface area contributed by atoms with E-state index in [2.05, 4.69) is 0 Å². The van der Waals surface area contributed by atoms with Crippen molar-refractivity contribution in [2.75, 3.05) is 5.73 Å². The van der Waals surface area contributed by atoms with Gasteiger partial charge in [0.25, 0.3) is 0 Å². The summed E-state index contributed by atoms with van der Waals surface area (Å²) in [5, 5.41) is -1.28. The van der Waals surface area contributed by atoms with E-state index in [4.69, 9.17) is 11.5 Å². The van der Waals surface area contributed by atoms with Crippen molar-refractivity contribution in [2.24, 2.45) is 5.73 Å². The zero-order chi connectivity index (χ0) is 12.5. The molecule has 0 heterocycles. The molecule has 1 atom stereocenters. The van der Waals surface area contributed by atoms with Crippen molar-refractivity contribution in [1.29, 1.82) is 0 Å². The van der Waals surface area contributed by atoms with Gasteiger partial charge in [0.05, 0.1) is 10.6 Å². The molecule has 6 heteroatoms. The zero-order valence-corrected chi connectivity index (χ0v) is 9.91. The molecular formula is C10H14N2O3S. The topological polar surface area (TPSA) is 103 Å². The second-order valence-corrected chi connectivity index (χ2v) is 5.87. The Morgan fingerprint density at radius 3 is 2.44 bits per heavy atom. The Morgan fingerprint density at radius 1 is 1.38 bits per heavy atom. The largest absolute Gasteiger partial charge is 0.398 e. The van der Waals surface area contributed by atoms with Gasteiger partial charge < -0.3 is 11.5 Å². The quantitative estimate of drug-likeness (QED) is 0.740. The maximum Gasteiger partial charge on any atom is 0.235 e. The highest BCUT2D eigenvalue weighted by atomic mass is 32.2. The summed E-state index contributed by atoms with van der Waals surface area (Å²) in [4.78, 5) is 10.9. The highest BCUT2D eigenvalue weighted by molar-refractivity contribution is 7.93. The number of primary amides is 1. The number of hydrogen-bond donors (Lipinski definition) is 2. The fourth-order valence-corrected chi connectivity index (χ4v) is 2.66. The van der Waals surface area contributed by atoms with Crippen LogP contribution in [0, 0.1) is 6.92 Å². The molecule has 1 aromatic rings. The monoisotopic (exact) mass is 242 g/mol. The van der Waals surface area contributed by atoms with E-state index in [1.807, 2.05) is 0 Å². The molecule has 4 N–H and O–H groups in total. The molecule has 0 aliphatic carbocycles. The number of benzene rings is 1. The third-order valence-corrected chi connectivity index (χ3v) is 4.47. The smallest absolute Gasteiger partial charge is 0.235 e. The molecule has 0 aliphatic rings. The Labute approximate surface area is 94.4 Å². The highest BCUT2D eigenvalue weighted by Gasteiger charge is 2.29. The Bertz CT molecular complexity index is 523. The summed E-state index contributed by atoms with van der Waals surface area (Å²) in [5.74, 6) is -0.888. The lowest BCUT2D eigenvalue weighted by Crippen LogP contribution is -2.33.